The van der Waals surface area contributed by atoms with Crippen LogP contribution in [-0.2, 0) is 9.53 Å². The Labute approximate surface area is 98.6 Å². The number of nitrogens with two attached hydrogens (primary N) is 1. The van der Waals surface area contributed by atoms with Gasteiger partial charge in [0.25, 0.3) is 6.47 Å². The van der Waals surface area contributed by atoms with E-state index >= 15 is 0 Å². The van der Waals surface area contributed by atoms with Crippen molar-refractivity contribution >= 4 is 23.8 Å². The standard InChI is InChI=1S/C5H4ClFN2.C5H10O2/c6-5-4(7)3(8)1-2-9-5;1-5(2,3)7-4-6/h1-2H,(H2,8,9);4H,1-3H3. The Balaban J connectivity index is 0.000000293. The van der Waals surface area contributed by atoms with Crippen molar-refractivity contribution in [2.24, 2.45) is 0 Å². The molecular weight excluding hydrogens is 235 g/mol. The maximum absolute atomic E-state index is 12.4. The fourth-order valence-electron chi connectivity index (χ4n) is 0.576. The van der Waals surface area contributed by atoms with Gasteiger partial charge in [-0.2, -0.15) is 0 Å². The van der Waals surface area contributed by atoms with E-state index in [-0.39, 0.29) is 16.4 Å². The molecule has 0 aliphatic carbocycles. The van der Waals surface area contributed by atoms with Crippen molar-refractivity contribution in [2.75, 3.05) is 5.73 Å². The van der Waals surface area contributed by atoms with Crippen molar-refractivity contribution in [3.05, 3.63) is 23.2 Å². The van der Waals surface area contributed by atoms with Crippen LogP contribution in [-0.4, -0.2) is 17.1 Å². The number of hydrogen-bond donors (Lipinski definition) is 1. The smallest absolute Gasteiger partial charge is 0.293 e. The SMILES string of the molecule is CC(C)(C)OC=O.Nc1ccnc(Cl)c1F. The Morgan fingerprint density at radius 3 is 2.38 bits per heavy atom. The third kappa shape index (κ3) is 6.19. The second-order valence-electron chi connectivity index (χ2n) is 3.83. The summed E-state index contributed by atoms with van der Waals surface area (Å²) in [5.74, 6) is -0.654. The lowest BCUT2D eigenvalue weighted by molar-refractivity contribution is -0.138. The third-order valence-corrected chi connectivity index (χ3v) is 1.54. The zero-order valence-corrected chi connectivity index (χ0v) is 10.1. The lowest BCUT2D eigenvalue weighted by Gasteiger charge is -2.14. The molecule has 6 heteroatoms. The minimum absolute atomic E-state index is 0.0231. The van der Waals surface area contributed by atoms with E-state index in [0.29, 0.717) is 6.47 Å². The highest BCUT2D eigenvalue weighted by molar-refractivity contribution is 6.29. The normalized spacial score (nSPS) is 10.1. The van der Waals surface area contributed by atoms with Gasteiger partial charge in [-0.1, -0.05) is 11.6 Å². The van der Waals surface area contributed by atoms with Crippen LogP contribution in [0, 0.1) is 5.82 Å². The molecule has 0 saturated heterocycles. The molecule has 0 aliphatic rings. The second kappa shape index (κ2) is 6.27. The van der Waals surface area contributed by atoms with E-state index in [1.165, 1.54) is 12.3 Å². The van der Waals surface area contributed by atoms with Crippen molar-refractivity contribution in [1.29, 1.82) is 0 Å². The van der Waals surface area contributed by atoms with E-state index in [1.54, 1.807) is 0 Å². The van der Waals surface area contributed by atoms with Crippen LogP contribution >= 0.6 is 11.6 Å². The van der Waals surface area contributed by atoms with Crippen molar-refractivity contribution in [2.45, 2.75) is 26.4 Å². The number of nitrogens with zero attached hydrogens (tertiary/aromatic N) is 1. The number of hydrogen-bond acceptors (Lipinski definition) is 4. The van der Waals surface area contributed by atoms with Gasteiger partial charge in [0.1, 0.15) is 5.60 Å². The number of carbonyl (C=O) groups excluding carboxylic acids is 1. The van der Waals surface area contributed by atoms with Crippen LogP contribution in [0.15, 0.2) is 12.3 Å². The summed E-state index contributed by atoms with van der Waals surface area (Å²) < 4.78 is 17.0. The number of pyridine rings is 1. The largest absolute Gasteiger partial charge is 0.462 e. The summed E-state index contributed by atoms with van der Waals surface area (Å²) >= 11 is 5.25. The number of carbonyl (C=O) groups is 1. The maximum atomic E-state index is 12.4. The van der Waals surface area contributed by atoms with E-state index in [1.807, 2.05) is 20.8 Å². The van der Waals surface area contributed by atoms with Crippen LogP contribution in [0.1, 0.15) is 20.8 Å². The quantitative estimate of drug-likeness (QED) is 0.612. The molecule has 4 nitrogen and oxygen atoms in total. The number of ether oxygens (including phenoxy) is 1. The first-order valence-corrected chi connectivity index (χ1v) is 4.82. The Morgan fingerprint density at radius 1 is 1.56 bits per heavy atom. The number of aromatic nitrogens is 1. The molecule has 16 heavy (non-hydrogen) atoms. The monoisotopic (exact) mass is 248 g/mol. The molecule has 0 spiro atoms. The zero-order valence-electron chi connectivity index (χ0n) is 9.33. The van der Waals surface area contributed by atoms with Gasteiger partial charge in [0, 0.05) is 6.20 Å². The van der Waals surface area contributed by atoms with Crippen LogP contribution < -0.4 is 5.73 Å². The highest BCUT2D eigenvalue weighted by atomic mass is 35.5. The molecule has 0 amide bonds. The third-order valence-electron chi connectivity index (χ3n) is 1.28. The van der Waals surface area contributed by atoms with Crippen LogP contribution in [0.4, 0.5) is 10.1 Å². The van der Waals surface area contributed by atoms with Gasteiger partial charge < -0.3 is 10.5 Å². The van der Waals surface area contributed by atoms with Crippen molar-refractivity contribution in [3.63, 3.8) is 0 Å². The first-order valence-electron chi connectivity index (χ1n) is 4.45. The Bertz CT molecular complexity index is 333. The molecule has 0 aliphatic heterocycles. The van der Waals surface area contributed by atoms with E-state index in [0.717, 1.165) is 0 Å². The van der Waals surface area contributed by atoms with E-state index in [2.05, 4.69) is 9.72 Å². The molecule has 1 aromatic rings. The lowest BCUT2D eigenvalue weighted by atomic mass is 10.2. The summed E-state index contributed by atoms with van der Waals surface area (Å²) in [7, 11) is 0. The number of nitrogen functional groups attached to an aromatic ring is 1. The molecule has 0 aromatic carbocycles. The van der Waals surface area contributed by atoms with Crippen LogP contribution in [0.2, 0.25) is 5.15 Å². The minimum atomic E-state index is -0.654. The van der Waals surface area contributed by atoms with Gasteiger partial charge >= 0.3 is 0 Å². The Hall–Kier alpha value is -1.36. The average Bonchev–Trinajstić information content (AvgIpc) is 2.13. The van der Waals surface area contributed by atoms with Crippen molar-refractivity contribution in [3.8, 4) is 0 Å². The van der Waals surface area contributed by atoms with Crippen LogP contribution in [0.5, 0.6) is 0 Å². The highest BCUT2D eigenvalue weighted by Crippen LogP contribution is 2.15. The molecule has 0 unspecified atom stereocenters. The zero-order chi connectivity index (χ0) is 12.8. The first-order chi connectivity index (χ1) is 7.28. The van der Waals surface area contributed by atoms with Gasteiger partial charge in [-0.05, 0) is 26.8 Å². The van der Waals surface area contributed by atoms with Gasteiger partial charge in [0.2, 0.25) is 0 Å². The topological polar surface area (TPSA) is 65.2 Å². The average molecular weight is 249 g/mol. The molecule has 0 atom stereocenters. The number of halogens is 2. The highest BCUT2D eigenvalue weighted by Gasteiger charge is 2.07. The van der Waals surface area contributed by atoms with E-state index in [9.17, 15) is 9.18 Å². The van der Waals surface area contributed by atoms with Crippen LogP contribution in [0.3, 0.4) is 0 Å². The summed E-state index contributed by atoms with van der Waals surface area (Å²) in [6.45, 7) is 5.92. The predicted octanol–water partition coefficient (Wildman–Crippen LogP) is 2.41. The van der Waals surface area contributed by atoms with Crippen LogP contribution in [0.25, 0.3) is 0 Å². The molecule has 0 saturated carbocycles. The molecule has 0 fully saturated rings. The lowest BCUT2D eigenvalue weighted by Crippen LogP contribution is -2.17. The fraction of sp³-hybridized carbons (Fsp3) is 0.400. The van der Waals surface area contributed by atoms with Crippen molar-refractivity contribution < 1.29 is 13.9 Å². The second-order valence-corrected chi connectivity index (χ2v) is 4.19. The molecular formula is C10H14ClFN2O2. The molecule has 0 radical (unpaired) electrons. The Kier molecular flexibility index (Phi) is 5.74. The summed E-state index contributed by atoms with van der Waals surface area (Å²) in [6, 6.07) is 1.35. The van der Waals surface area contributed by atoms with Gasteiger partial charge in [-0.3, -0.25) is 4.79 Å². The molecule has 2 N–H and O–H groups in total. The predicted molar refractivity (Wildman–Crippen MR) is 60.5 cm³/mol. The van der Waals surface area contributed by atoms with Gasteiger partial charge in [0.05, 0.1) is 5.69 Å². The fourth-order valence-corrected chi connectivity index (χ4v) is 0.742. The molecule has 90 valence electrons. The maximum Gasteiger partial charge on any atom is 0.293 e. The Morgan fingerprint density at radius 2 is 2.12 bits per heavy atom. The van der Waals surface area contributed by atoms with E-state index in [4.69, 9.17) is 17.3 Å². The summed E-state index contributed by atoms with van der Waals surface area (Å²) in [5, 5.41) is -0.185. The van der Waals surface area contributed by atoms with Gasteiger partial charge in [-0.25, -0.2) is 9.37 Å². The summed E-state index contributed by atoms with van der Waals surface area (Å²) in [6.07, 6.45) is 1.35. The van der Waals surface area contributed by atoms with Crippen molar-refractivity contribution in [1.82, 2.24) is 4.98 Å². The molecule has 0 bridgehead atoms. The van der Waals surface area contributed by atoms with E-state index < -0.39 is 5.82 Å². The number of anilines is 1. The van der Waals surface area contributed by atoms with Gasteiger partial charge in [0.15, 0.2) is 11.0 Å². The molecule has 1 aromatic heterocycles. The molecule has 1 heterocycles. The summed E-state index contributed by atoms with van der Waals surface area (Å²) in [5.41, 5.74) is 4.83. The summed E-state index contributed by atoms with van der Waals surface area (Å²) in [4.78, 5) is 13.0. The van der Waals surface area contributed by atoms with Gasteiger partial charge in [-0.15, -0.1) is 0 Å². The molecule has 1 rings (SSSR count). The minimum Gasteiger partial charge on any atom is -0.462 e. The number of rotatable bonds is 1. The first kappa shape index (κ1) is 14.6.